The number of aromatic amines is 1. The second-order valence-corrected chi connectivity index (χ2v) is 4.79. The summed E-state index contributed by atoms with van der Waals surface area (Å²) in [5, 5.41) is 11.3. The highest BCUT2D eigenvalue weighted by Crippen LogP contribution is 2.35. The molecule has 0 aliphatic rings. The second kappa shape index (κ2) is 7.03. The van der Waals surface area contributed by atoms with E-state index in [1.807, 2.05) is 0 Å². The highest BCUT2D eigenvalue weighted by Gasteiger charge is 2.34. The van der Waals surface area contributed by atoms with Gasteiger partial charge in [-0.1, -0.05) is 12.1 Å². The number of amides is 2. The van der Waals surface area contributed by atoms with Gasteiger partial charge >= 0.3 is 12.2 Å². The van der Waals surface area contributed by atoms with E-state index in [2.05, 4.69) is 20.8 Å². The predicted octanol–water partition coefficient (Wildman–Crippen LogP) is 3.02. The number of nitrogens with zero attached hydrogens (tertiary/aromatic N) is 1. The van der Waals surface area contributed by atoms with Crippen LogP contribution in [0.4, 0.5) is 23.7 Å². The first-order chi connectivity index (χ1) is 10.9. The number of aromatic nitrogens is 2. The fourth-order valence-corrected chi connectivity index (χ4v) is 1.79. The Morgan fingerprint density at radius 3 is 2.78 bits per heavy atom. The fraction of sp³-hybridized carbons (Fsp3) is 0.286. The number of ether oxygens (including phenoxy) is 1. The molecular weight excluding hydrogens is 313 g/mol. The molecule has 2 aromatic rings. The SMILES string of the molecule is C[C@@H](COc1ccccc1C(F)(F)F)NC(=O)Nc1cn[nH]c1. The monoisotopic (exact) mass is 328 g/mol. The maximum atomic E-state index is 12.8. The van der Waals surface area contributed by atoms with Crippen molar-refractivity contribution >= 4 is 11.7 Å². The molecule has 0 aliphatic carbocycles. The summed E-state index contributed by atoms with van der Waals surface area (Å²) in [6.45, 7) is 1.51. The fourth-order valence-electron chi connectivity index (χ4n) is 1.79. The molecule has 0 radical (unpaired) electrons. The quantitative estimate of drug-likeness (QED) is 0.789. The van der Waals surface area contributed by atoms with Gasteiger partial charge < -0.3 is 15.4 Å². The first kappa shape index (κ1) is 16.7. The molecule has 1 aromatic carbocycles. The number of anilines is 1. The Bertz CT molecular complexity index is 644. The summed E-state index contributed by atoms with van der Waals surface area (Å²) in [5.41, 5.74) is -0.381. The Morgan fingerprint density at radius 1 is 1.39 bits per heavy atom. The van der Waals surface area contributed by atoms with Crippen LogP contribution in [0.1, 0.15) is 12.5 Å². The molecule has 1 atom stereocenters. The molecule has 6 nitrogen and oxygen atoms in total. The standard InChI is InChI=1S/C14H15F3N4O2/c1-9(20-13(22)21-10-6-18-19-7-10)8-23-12-5-3-2-4-11(12)14(15,16)17/h2-7,9H,8H2,1H3,(H,18,19)(H2,20,21,22)/t9-/m0/s1. The van der Waals surface area contributed by atoms with Crippen molar-refractivity contribution in [2.45, 2.75) is 19.1 Å². The lowest BCUT2D eigenvalue weighted by Gasteiger charge is -2.18. The van der Waals surface area contributed by atoms with E-state index >= 15 is 0 Å². The van der Waals surface area contributed by atoms with Crippen molar-refractivity contribution in [3.05, 3.63) is 42.2 Å². The van der Waals surface area contributed by atoms with Gasteiger partial charge in [-0.2, -0.15) is 18.3 Å². The van der Waals surface area contributed by atoms with E-state index in [0.717, 1.165) is 6.07 Å². The van der Waals surface area contributed by atoms with Gasteiger partial charge in [0.25, 0.3) is 0 Å². The number of hydrogen-bond acceptors (Lipinski definition) is 3. The molecule has 0 aliphatic heterocycles. The van der Waals surface area contributed by atoms with Crippen LogP contribution in [0.15, 0.2) is 36.7 Å². The highest BCUT2D eigenvalue weighted by molar-refractivity contribution is 5.89. The number of benzene rings is 1. The van der Waals surface area contributed by atoms with Crippen molar-refractivity contribution < 1.29 is 22.7 Å². The minimum atomic E-state index is -4.49. The van der Waals surface area contributed by atoms with Crippen molar-refractivity contribution in [2.75, 3.05) is 11.9 Å². The summed E-state index contributed by atoms with van der Waals surface area (Å²) in [6.07, 6.45) is -1.59. The average Bonchev–Trinajstić information content (AvgIpc) is 2.97. The van der Waals surface area contributed by atoms with Crippen LogP contribution in [0.5, 0.6) is 5.75 Å². The largest absolute Gasteiger partial charge is 0.491 e. The van der Waals surface area contributed by atoms with Gasteiger partial charge in [0.15, 0.2) is 0 Å². The lowest BCUT2D eigenvalue weighted by molar-refractivity contribution is -0.139. The molecule has 0 unspecified atom stereocenters. The zero-order valence-corrected chi connectivity index (χ0v) is 12.1. The Kier molecular flexibility index (Phi) is 5.09. The van der Waals surface area contributed by atoms with Crippen LogP contribution < -0.4 is 15.4 Å². The number of para-hydroxylation sites is 1. The van der Waals surface area contributed by atoms with Gasteiger partial charge in [0, 0.05) is 6.20 Å². The summed E-state index contributed by atoms with van der Waals surface area (Å²) >= 11 is 0. The van der Waals surface area contributed by atoms with E-state index in [0.29, 0.717) is 5.69 Å². The maximum absolute atomic E-state index is 12.8. The normalized spacial score (nSPS) is 12.5. The number of alkyl halides is 3. The maximum Gasteiger partial charge on any atom is 0.419 e. The molecule has 2 rings (SSSR count). The van der Waals surface area contributed by atoms with Crippen LogP contribution >= 0.6 is 0 Å². The zero-order valence-electron chi connectivity index (χ0n) is 12.1. The summed E-state index contributed by atoms with van der Waals surface area (Å²) in [4.78, 5) is 11.7. The summed E-state index contributed by atoms with van der Waals surface area (Å²) in [6, 6.07) is 3.92. The van der Waals surface area contributed by atoms with Gasteiger partial charge in [-0.15, -0.1) is 0 Å². The van der Waals surface area contributed by atoms with Crippen molar-refractivity contribution in [3.63, 3.8) is 0 Å². The van der Waals surface area contributed by atoms with Crippen LogP contribution in [-0.4, -0.2) is 28.9 Å². The van der Waals surface area contributed by atoms with Crippen molar-refractivity contribution in [2.24, 2.45) is 0 Å². The summed E-state index contributed by atoms with van der Waals surface area (Å²) in [7, 11) is 0. The first-order valence-corrected chi connectivity index (χ1v) is 6.71. The molecule has 0 saturated heterocycles. The van der Waals surface area contributed by atoms with E-state index < -0.39 is 23.8 Å². The van der Waals surface area contributed by atoms with Crippen LogP contribution in [-0.2, 0) is 6.18 Å². The van der Waals surface area contributed by atoms with E-state index in [9.17, 15) is 18.0 Å². The molecule has 2 amide bonds. The molecule has 124 valence electrons. The van der Waals surface area contributed by atoms with Gasteiger partial charge in [0.2, 0.25) is 0 Å². The third kappa shape index (κ3) is 4.90. The third-order valence-corrected chi connectivity index (χ3v) is 2.81. The molecule has 0 spiro atoms. The first-order valence-electron chi connectivity index (χ1n) is 6.71. The number of carbonyl (C=O) groups excluding carboxylic acids is 1. The lowest BCUT2D eigenvalue weighted by Crippen LogP contribution is -2.39. The Morgan fingerprint density at radius 2 is 2.13 bits per heavy atom. The molecule has 0 bridgehead atoms. The van der Waals surface area contributed by atoms with E-state index in [1.165, 1.54) is 30.6 Å². The smallest absolute Gasteiger partial charge is 0.419 e. The number of rotatable bonds is 5. The van der Waals surface area contributed by atoms with Crippen LogP contribution in [0.25, 0.3) is 0 Å². The van der Waals surface area contributed by atoms with Gasteiger partial charge in [0.05, 0.1) is 23.5 Å². The lowest BCUT2D eigenvalue weighted by atomic mass is 10.2. The van der Waals surface area contributed by atoms with Gasteiger partial charge in [0.1, 0.15) is 12.4 Å². The molecule has 0 saturated carbocycles. The van der Waals surface area contributed by atoms with Gasteiger partial charge in [-0.25, -0.2) is 4.79 Å². The number of halogens is 3. The molecule has 23 heavy (non-hydrogen) atoms. The van der Waals surface area contributed by atoms with E-state index in [1.54, 1.807) is 6.92 Å². The van der Waals surface area contributed by atoms with Crippen molar-refractivity contribution in [1.82, 2.24) is 15.5 Å². The molecule has 9 heteroatoms. The van der Waals surface area contributed by atoms with E-state index in [4.69, 9.17) is 4.74 Å². The molecule has 3 N–H and O–H groups in total. The van der Waals surface area contributed by atoms with Crippen LogP contribution in [0, 0.1) is 0 Å². The molecular formula is C14H15F3N4O2. The third-order valence-electron chi connectivity index (χ3n) is 2.81. The Hall–Kier alpha value is -2.71. The topological polar surface area (TPSA) is 79.0 Å². The van der Waals surface area contributed by atoms with Gasteiger partial charge in [-0.05, 0) is 19.1 Å². The Labute approximate surface area is 130 Å². The molecule has 1 heterocycles. The number of nitrogens with one attached hydrogen (secondary N) is 3. The van der Waals surface area contributed by atoms with Crippen LogP contribution in [0.2, 0.25) is 0 Å². The predicted molar refractivity (Wildman–Crippen MR) is 77.1 cm³/mol. The summed E-state index contributed by atoms with van der Waals surface area (Å²) < 4.78 is 43.7. The average molecular weight is 328 g/mol. The Balaban J connectivity index is 1.87. The molecule has 1 aromatic heterocycles. The number of hydrogen-bond donors (Lipinski definition) is 3. The minimum Gasteiger partial charge on any atom is -0.491 e. The summed E-state index contributed by atoms with van der Waals surface area (Å²) in [5.74, 6) is -0.274. The number of urea groups is 1. The molecule has 0 fully saturated rings. The van der Waals surface area contributed by atoms with Gasteiger partial charge in [-0.3, -0.25) is 5.10 Å². The number of carbonyl (C=O) groups is 1. The van der Waals surface area contributed by atoms with Crippen molar-refractivity contribution in [1.29, 1.82) is 0 Å². The minimum absolute atomic E-state index is 0.105. The van der Waals surface area contributed by atoms with E-state index in [-0.39, 0.29) is 12.4 Å². The number of H-pyrrole nitrogens is 1. The second-order valence-electron chi connectivity index (χ2n) is 4.79. The van der Waals surface area contributed by atoms with Crippen molar-refractivity contribution in [3.8, 4) is 5.75 Å². The zero-order chi connectivity index (χ0) is 16.9. The van der Waals surface area contributed by atoms with Crippen LogP contribution in [0.3, 0.4) is 0 Å². The highest BCUT2D eigenvalue weighted by atomic mass is 19.4.